The van der Waals surface area contributed by atoms with Gasteiger partial charge in [0.1, 0.15) is 18.7 Å². The lowest BCUT2D eigenvalue weighted by Crippen LogP contribution is -2.46. The van der Waals surface area contributed by atoms with Crippen LogP contribution < -0.4 is 10.6 Å². The molecule has 0 saturated heterocycles. The van der Waals surface area contributed by atoms with Gasteiger partial charge in [-0.05, 0) is 35.1 Å². The van der Waals surface area contributed by atoms with Gasteiger partial charge < -0.3 is 10.6 Å². The third-order valence-electron chi connectivity index (χ3n) is 3.99. The number of nitrogens with one attached hydrogen (secondary N) is 2. The van der Waals surface area contributed by atoms with Crippen molar-refractivity contribution in [2.45, 2.75) is 26.4 Å². The average molecular weight is 383 g/mol. The van der Waals surface area contributed by atoms with Crippen LogP contribution in [0.2, 0.25) is 0 Å². The standard InChI is InChI=1S/C19H21N5O2S/c1-13(2)17(23-18(25)16-7-4-8-27-16)19(26)22-15-6-3-5-14(9-15)10-24-12-20-11-21-24/h3-9,11-13,17H,10H2,1-2H3,(H,22,26)(H,23,25). The topological polar surface area (TPSA) is 88.9 Å². The number of aromatic nitrogens is 3. The summed E-state index contributed by atoms with van der Waals surface area (Å²) in [6.45, 7) is 4.37. The Morgan fingerprint density at radius 1 is 1.22 bits per heavy atom. The molecule has 0 aliphatic carbocycles. The van der Waals surface area contributed by atoms with Crippen LogP contribution in [0.3, 0.4) is 0 Å². The zero-order chi connectivity index (χ0) is 19.2. The number of hydrogen-bond donors (Lipinski definition) is 2. The lowest BCUT2D eigenvalue weighted by atomic mass is 10.0. The molecule has 2 amide bonds. The summed E-state index contributed by atoms with van der Waals surface area (Å²) in [5, 5.41) is 11.6. The van der Waals surface area contributed by atoms with Gasteiger partial charge in [0, 0.05) is 5.69 Å². The summed E-state index contributed by atoms with van der Waals surface area (Å²) in [4.78, 5) is 29.6. The summed E-state index contributed by atoms with van der Waals surface area (Å²) in [6.07, 6.45) is 3.12. The van der Waals surface area contributed by atoms with E-state index in [1.807, 2.05) is 49.6 Å². The van der Waals surface area contributed by atoms with Gasteiger partial charge in [0.05, 0.1) is 11.4 Å². The fraction of sp³-hybridized carbons (Fsp3) is 0.263. The van der Waals surface area contributed by atoms with Crippen molar-refractivity contribution >= 4 is 28.8 Å². The van der Waals surface area contributed by atoms with Gasteiger partial charge >= 0.3 is 0 Å². The second-order valence-electron chi connectivity index (χ2n) is 6.46. The summed E-state index contributed by atoms with van der Waals surface area (Å²) < 4.78 is 1.71. The maximum Gasteiger partial charge on any atom is 0.262 e. The fourth-order valence-electron chi connectivity index (χ4n) is 2.62. The van der Waals surface area contributed by atoms with Crippen LogP contribution in [0.5, 0.6) is 0 Å². The Kier molecular flexibility index (Phi) is 5.97. The minimum atomic E-state index is -0.626. The van der Waals surface area contributed by atoms with Gasteiger partial charge in [-0.15, -0.1) is 11.3 Å². The molecule has 0 fully saturated rings. The Morgan fingerprint density at radius 3 is 2.74 bits per heavy atom. The number of thiophene rings is 1. The molecule has 2 N–H and O–H groups in total. The normalized spacial score (nSPS) is 12.0. The van der Waals surface area contributed by atoms with Crippen LogP contribution >= 0.6 is 11.3 Å². The van der Waals surface area contributed by atoms with Gasteiger partial charge in [-0.3, -0.25) is 9.59 Å². The van der Waals surface area contributed by atoms with Crippen LogP contribution in [0.25, 0.3) is 0 Å². The first-order valence-electron chi connectivity index (χ1n) is 8.59. The quantitative estimate of drug-likeness (QED) is 0.657. The molecule has 1 aromatic carbocycles. The van der Waals surface area contributed by atoms with Gasteiger partial charge in [-0.2, -0.15) is 5.10 Å². The molecule has 3 rings (SSSR count). The van der Waals surface area contributed by atoms with E-state index in [4.69, 9.17) is 0 Å². The smallest absolute Gasteiger partial charge is 0.262 e. The number of nitrogens with zero attached hydrogens (tertiary/aromatic N) is 3. The van der Waals surface area contributed by atoms with Gasteiger partial charge in [-0.1, -0.05) is 32.0 Å². The first-order valence-corrected chi connectivity index (χ1v) is 9.47. The maximum atomic E-state index is 12.7. The molecule has 1 atom stereocenters. The summed E-state index contributed by atoms with van der Waals surface area (Å²) >= 11 is 1.35. The Labute approximate surface area is 161 Å². The number of benzene rings is 1. The van der Waals surface area contributed by atoms with E-state index in [0.29, 0.717) is 17.1 Å². The maximum absolute atomic E-state index is 12.7. The summed E-state index contributed by atoms with van der Waals surface area (Å²) in [7, 11) is 0. The van der Waals surface area contributed by atoms with E-state index in [1.165, 1.54) is 17.7 Å². The van der Waals surface area contributed by atoms with Gasteiger partial charge in [0.15, 0.2) is 0 Å². The average Bonchev–Trinajstić information content (AvgIpc) is 3.33. The molecule has 8 heteroatoms. The highest BCUT2D eigenvalue weighted by Gasteiger charge is 2.25. The van der Waals surface area contributed by atoms with Gasteiger partial charge in [0.2, 0.25) is 5.91 Å². The van der Waals surface area contributed by atoms with E-state index in [0.717, 1.165) is 5.56 Å². The zero-order valence-corrected chi connectivity index (χ0v) is 15.9. The summed E-state index contributed by atoms with van der Waals surface area (Å²) in [5.41, 5.74) is 1.66. The van der Waals surface area contributed by atoms with E-state index in [9.17, 15) is 9.59 Å². The minimum Gasteiger partial charge on any atom is -0.339 e. The molecular formula is C19H21N5O2S. The second-order valence-corrected chi connectivity index (χ2v) is 7.40. The molecule has 7 nitrogen and oxygen atoms in total. The molecule has 0 aliphatic heterocycles. The van der Waals surface area contributed by atoms with Crippen LogP contribution in [0.4, 0.5) is 5.69 Å². The van der Waals surface area contributed by atoms with Crippen LogP contribution in [0.15, 0.2) is 54.4 Å². The highest BCUT2D eigenvalue weighted by atomic mass is 32.1. The van der Waals surface area contributed by atoms with Crippen molar-refractivity contribution in [1.29, 1.82) is 0 Å². The second kappa shape index (κ2) is 8.59. The van der Waals surface area contributed by atoms with Crippen molar-refractivity contribution in [1.82, 2.24) is 20.1 Å². The summed E-state index contributed by atoms with van der Waals surface area (Å²) in [5.74, 6) is -0.529. The molecular weight excluding hydrogens is 362 g/mol. The van der Waals surface area contributed by atoms with Gasteiger partial charge in [0.25, 0.3) is 5.91 Å². The number of carbonyl (C=O) groups is 2. The lowest BCUT2D eigenvalue weighted by Gasteiger charge is -2.21. The Balaban J connectivity index is 1.67. The molecule has 0 spiro atoms. The number of anilines is 1. The molecule has 0 aliphatic rings. The van der Waals surface area contributed by atoms with Crippen molar-refractivity contribution in [2.24, 2.45) is 5.92 Å². The number of hydrogen-bond acceptors (Lipinski definition) is 5. The first kappa shape index (κ1) is 18.8. The molecule has 2 heterocycles. The number of rotatable bonds is 7. The molecule has 140 valence electrons. The highest BCUT2D eigenvalue weighted by molar-refractivity contribution is 7.12. The molecule has 1 unspecified atom stereocenters. The Bertz CT molecular complexity index is 891. The van der Waals surface area contributed by atoms with Gasteiger partial charge in [-0.25, -0.2) is 9.67 Å². The lowest BCUT2D eigenvalue weighted by molar-refractivity contribution is -0.118. The monoisotopic (exact) mass is 383 g/mol. The first-order chi connectivity index (χ1) is 13.0. The summed E-state index contributed by atoms with van der Waals surface area (Å²) in [6, 6.07) is 10.5. The van der Waals surface area contributed by atoms with Crippen molar-refractivity contribution < 1.29 is 9.59 Å². The third kappa shape index (κ3) is 5.01. The van der Waals surface area contributed by atoms with Crippen molar-refractivity contribution in [3.05, 3.63) is 64.9 Å². The van der Waals surface area contributed by atoms with Crippen molar-refractivity contribution in [3.8, 4) is 0 Å². The van der Waals surface area contributed by atoms with Crippen molar-refractivity contribution in [2.75, 3.05) is 5.32 Å². The van der Waals surface area contributed by atoms with E-state index in [1.54, 1.807) is 17.1 Å². The molecule has 0 saturated carbocycles. The van der Waals surface area contributed by atoms with E-state index < -0.39 is 6.04 Å². The zero-order valence-electron chi connectivity index (χ0n) is 15.1. The Morgan fingerprint density at radius 2 is 2.07 bits per heavy atom. The molecule has 0 radical (unpaired) electrons. The highest BCUT2D eigenvalue weighted by Crippen LogP contribution is 2.15. The van der Waals surface area contributed by atoms with E-state index in [-0.39, 0.29) is 17.7 Å². The van der Waals surface area contributed by atoms with Crippen LogP contribution in [-0.2, 0) is 11.3 Å². The van der Waals surface area contributed by atoms with Crippen LogP contribution in [0, 0.1) is 5.92 Å². The fourth-order valence-corrected chi connectivity index (χ4v) is 3.25. The third-order valence-corrected chi connectivity index (χ3v) is 4.85. The molecule has 27 heavy (non-hydrogen) atoms. The molecule has 0 bridgehead atoms. The van der Waals surface area contributed by atoms with Crippen molar-refractivity contribution in [3.63, 3.8) is 0 Å². The largest absolute Gasteiger partial charge is 0.339 e. The molecule has 3 aromatic rings. The van der Waals surface area contributed by atoms with E-state index >= 15 is 0 Å². The minimum absolute atomic E-state index is 0.0488. The number of carbonyl (C=O) groups excluding carboxylic acids is 2. The number of amides is 2. The molecule has 2 aromatic heterocycles. The Hall–Kier alpha value is -3.00. The van der Waals surface area contributed by atoms with E-state index in [2.05, 4.69) is 20.7 Å². The van der Waals surface area contributed by atoms with Crippen LogP contribution in [0.1, 0.15) is 29.1 Å². The van der Waals surface area contributed by atoms with Crippen LogP contribution in [-0.4, -0.2) is 32.6 Å². The predicted molar refractivity (Wildman–Crippen MR) is 105 cm³/mol. The SMILES string of the molecule is CC(C)C(NC(=O)c1cccs1)C(=O)Nc1cccc(Cn2cncn2)c1. The predicted octanol–water partition coefficient (Wildman–Crippen LogP) is 2.78.